The van der Waals surface area contributed by atoms with Crippen molar-refractivity contribution in [2.45, 2.75) is 47.1 Å². The first-order valence-corrected chi connectivity index (χ1v) is 4.52. The lowest BCUT2D eigenvalue weighted by Gasteiger charge is -2.18. The third-order valence-corrected chi connectivity index (χ3v) is 1.23. The Morgan fingerprint density at radius 3 is 1.83 bits per heavy atom. The second-order valence-electron chi connectivity index (χ2n) is 5.19. The molecule has 0 amide bonds. The summed E-state index contributed by atoms with van der Waals surface area (Å²) in [5, 5.41) is 0. The van der Waals surface area contributed by atoms with Gasteiger partial charge in [0.1, 0.15) is 0 Å². The van der Waals surface area contributed by atoms with Gasteiger partial charge in [0.2, 0.25) is 0 Å². The maximum absolute atomic E-state index is 5.54. The van der Waals surface area contributed by atoms with Crippen molar-refractivity contribution in [2.24, 2.45) is 5.41 Å². The van der Waals surface area contributed by atoms with Gasteiger partial charge in [-0.05, 0) is 26.2 Å². The molecule has 72 valence electrons. The quantitative estimate of drug-likeness (QED) is 0.577. The average molecular weight is 170 g/mol. The van der Waals surface area contributed by atoms with Gasteiger partial charge in [0.05, 0.1) is 12.2 Å². The summed E-state index contributed by atoms with van der Waals surface area (Å²) in [5.74, 6) is 0. The molecule has 0 aliphatic heterocycles. The number of hydrogen-bond donors (Lipinski definition) is 0. The van der Waals surface area contributed by atoms with E-state index in [1.54, 1.807) is 0 Å². The van der Waals surface area contributed by atoms with Crippen LogP contribution in [0.2, 0.25) is 0 Å². The summed E-state index contributed by atoms with van der Waals surface area (Å²) < 4.78 is 5.54. The Hall–Kier alpha value is -0.300. The van der Waals surface area contributed by atoms with Crippen LogP contribution in [0.3, 0.4) is 0 Å². The van der Waals surface area contributed by atoms with Crippen LogP contribution in [-0.4, -0.2) is 12.2 Å². The van der Waals surface area contributed by atoms with Gasteiger partial charge in [-0.1, -0.05) is 32.9 Å². The molecule has 0 aromatic heterocycles. The molecule has 0 rings (SSSR count). The van der Waals surface area contributed by atoms with Crippen molar-refractivity contribution in [3.63, 3.8) is 0 Å². The second kappa shape index (κ2) is 4.08. The van der Waals surface area contributed by atoms with E-state index in [1.807, 2.05) is 0 Å². The molecule has 0 heterocycles. The summed E-state index contributed by atoms with van der Waals surface area (Å²) >= 11 is 0. The summed E-state index contributed by atoms with van der Waals surface area (Å²) in [6.07, 6.45) is 4.27. The van der Waals surface area contributed by atoms with Crippen LogP contribution in [0.25, 0.3) is 0 Å². The molecule has 0 aromatic carbocycles. The van der Waals surface area contributed by atoms with Gasteiger partial charge in [-0.2, -0.15) is 0 Å². The molecular weight excluding hydrogens is 148 g/mol. The first kappa shape index (κ1) is 11.7. The Labute approximate surface area is 76.8 Å². The molecule has 0 aromatic rings. The van der Waals surface area contributed by atoms with Gasteiger partial charge in [0.15, 0.2) is 0 Å². The van der Waals surface area contributed by atoms with Crippen LogP contribution in [0.15, 0.2) is 12.2 Å². The fraction of sp³-hybridized carbons (Fsp3) is 0.818. The number of ether oxygens (including phenoxy) is 1. The van der Waals surface area contributed by atoms with Crippen LogP contribution in [-0.2, 0) is 4.74 Å². The highest BCUT2D eigenvalue weighted by molar-refractivity contribution is 4.92. The highest BCUT2D eigenvalue weighted by Crippen LogP contribution is 2.14. The van der Waals surface area contributed by atoms with Gasteiger partial charge in [-0.25, -0.2) is 0 Å². The Morgan fingerprint density at radius 2 is 1.50 bits per heavy atom. The minimum atomic E-state index is -0.0256. The molecule has 0 N–H and O–H groups in total. The van der Waals surface area contributed by atoms with E-state index in [9.17, 15) is 0 Å². The number of hydrogen-bond acceptors (Lipinski definition) is 1. The maximum Gasteiger partial charge on any atom is 0.0654 e. The van der Waals surface area contributed by atoms with Gasteiger partial charge >= 0.3 is 0 Å². The highest BCUT2D eigenvalue weighted by Gasteiger charge is 2.08. The molecule has 12 heavy (non-hydrogen) atoms. The smallest absolute Gasteiger partial charge is 0.0654 e. The van der Waals surface area contributed by atoms with Crippen molar-refractivity contribution in [1.29, 1.82) is 0 Å². The Morgan fingerprint density at radius 1 is 1.00 bits per heavy atom. The van der Waals surface area contributed by atoms with Crippen molar-refractivity contribution in [1.82, 2.24) is 0 Å². The van der Waals surface area contributed by atoms with E-state index >= 15 is 0 Å². The molecule has 0 radical (unpaired) electrons. The molecule has 0 atom stereocenters. The topological polar surface area (TPSA) is 9.23 Å². The van der Waals surface area contributed by atoms with Crippen LogP contribution < -0.4 is 0 Å². The minimum absolute atomic E-state index is 0.0256. The molecule has 0 saturated carbocycles. The predicted octanol–water partition coefficient (Wildman–Crippen LogP) is 3.40. The van der Waals surface area contributed by atoms with E-state index < -0.39 is 0 Å². The lowest BCUT2D eigenvalue weighted by molar-refractivity contribution is 0.0147. The third-order valence-electron chi connectivity index (χ3n) is 1.23. The zero-order chi connectivity index (χ0) is 9.83. The fourth-order valence-electron chi connectivity index (χ4n) is 0.700. The van der Waals surface area contributed by atoms with Crippen LogP contribution >= 0.6 is 0 Å². The van der Waals surface area contributed by atoms with Crippen LogP contribution in [0.5, 0.6) is 0 Å². The molecule has 0 fully saturated rings. The SMILES string of the molecule is CC(C)(C)/C=C\COC(C)(C)C. The van der Waals surface area contributed by atoms with E-state index in [-0.39, 0.29) is 11.0 Å². The van der Waals surface area contributed by atoms with Crippen LogP contribution in [0.1, 0.15) is 41.5 Å². The third kappa shape index (κ3) is 9.70. The minimum Gasteiger partial charge on any atom is -0.372 e. The van der Waals surface area contributed by atoms with Gasteiger partial charge < -0.3 is 4.74 Å². The van der Waals surface area contributed by atoms with Crippen molar-refractivity contribution >= 4 is 0 Å². The van der Waals surface area contributed by atoms with Crippen molar-refractivity contribution in [2.75, 3.05) is 6.61 Å². The largest absolute Gasteiger partial charge is 0.372 e. The van der Waals surface area contributed by atoms with Crippen molar-refractivity contribution in [3.8, 4) is 0 Å². The first-order valence-electron chi connectivity index (χ1n) is 4.52. The van der Waals surface area contributed by atoms with E-state index in [4.69, 9.17) is 4.74 Å². The summed E-state index contributed by atoms with van der Waals surface area (Å²) in [7, 11) is 0. The maximum atomic E-state index is 5.54. The van der Waals surface area contributed by atoms with E-state index in [0.29, 0.717) is 6.61 Å². The van der Waals surface area contributed by atoms with Gasteiger partial charge in [0, 0.05) is 0 Å². The Kier molecular flexibility index (Phi) is 3.98. The first-order chi connectivity index (χ1) is 5.21. The summed E-state index contributed by atoms with van der Waals surface area (Å²) in [5.41, 5.74) is 0.240. The molecule has 0 aliphatic carbocycles. The number of allylic oxidation sites excluding steroid dienone is 1. The number of rotatable bonds is 2. The highest BCUT2D eigenvalue weighted by atomic mass is 16.5. The van der Waals surface area contributed by atoms with E-state index in [0.717, 1.165) is 0 Å². The lowest BCUT2D eigenvalue weighted by atomic mass is 9.96. The Bertz CT molecular complexity index is 143. The fourth-order valence-corrected chi connectivity index (χ4v) is 0.700. The van der Waals surface area contributed by atoms with Crippen molar-refractivity contribution < 1.29 is 4.74 Å². The zero-order valence-electron chi connectivity index (χ0n) is 9.27. The summed E-state index contributed by atoms with van der Waals surface area (Å²) in [6.45, 7) is 13.5. The molecule has 1 nitrogen and oxygen atoms in total. The molecule has 1 heteroatoms. The van der Waals surface area contributed by atoms with Crippen molar-refractivity contribution in [3.05, 3.63) is 12.2 Å². The summed E-state index contributed by atoms with van der Waals surface area (Å²) in [6, 6.07) is 0. The van der Waals surface area contributed by atoms with E-state index in [2.05, 4.69) is 53.7 Å². The Balaban J connectivity index is 3.64. The predicted molar refractivity (Wildman–Crippen MR) is 54.3 cm³/mol. The standard InChI is InChI=1S/C11H22O/c1-10(2,3)8-7-9-12-11(4,5)6/h7-8H,9H2,1-6H3/b8-7-. The summed E-state index contributed by atoms with van der Waals surface area (Å²) in [4.78, 5) is 0. The zero-order valence-corrected chi connectivity index (χ0v) is 9.27. The molecule has 0 bridgehead atoms. The van der Waals surface area contributed by atoms with Gasteiger partial charge in [0.25, 0.3) is 0 Å². The normalized spacial score (nSPS) is 14.2. The van der Waals surface area contributed by atoms with Crippen LogP contribution in [0, 0.1) is 5.41 Å². The lowest BCUT2D eigenvalue weighted by Crippen LogP contribution is -2.19. The van der Waals surface area contributed by atoms with E-state index in [1.165, 1.54) is 0 Å². The molecule has 0 unspecified atom stereocenters. The molecule has 0 aliphatic rings. The monoisotopic (exact) mass is 170 g/mol. The molecular formula is C11H22O. The van der Waals surface area contributed by atoms with Gasteiger partial charge in [-0.15, -0.1) is 0 Å². The van der Waals surface area contributed by atoms with Crippen LogP contribution in [0.4, 0.5) is 0 Å². The molecule has 0 spiro atoms. The average Bonchev–Trinajstić information content (AvgIpc) is 1.76. The molecule has 0 saturated heterocycles. The second-order valence-corrected chi connectivity index (χ2v) is 5.19. The van der Waals surface area contributed by atoms with Gasteiger partial charge in [-0.3, -0.25) is 0 Å².